The van der Waals surface area contributed by atoms with Crippen LogP contribution in [0.4, 0.5) is 4.39 Å². The van der Waals surface area contributed by atoms with Crippen molar-refractivity contribution in [3.8, 4) is 11.5 Å². The molecular formula is C27H32FN5O7. The maximum atomic E-state index is 13.1. The van der Waals surface area contributed by atoms with Gasteiger partial charge in [0.2, 0.25) is 23.6 Å². The van der Waals surface area contributed by atoms with Crippen molar-refractivity contribution < 1.29 is 37.8 Å². The first-order valence-electron chi connectivity index (χ1n) is 12.7. The minimum absolute atomic E-state index is 0.0156. The van der Waals surface area contributed by atoms with Gasteiger partial charge in [-0.15, -0.1) is 0 Å². The Bertz CT molecular complexity index is 1220. The molecule has 0 fully saturated rings. The fourth-order valence-electron chi connectivity index (χ4n) is 3.89. The molecule has 40 heavy (non-hydrogen) atoms. The first kappa shape index (κ1) is 29.9. The second kappa shape index (κ2) is 14.5. The monoisotopic (exact) mass is 557 g/mol. The molecule has 3 rings (SSSR count). The highest BCUT2D eigenvalue weighted by Gasteiger charge is 2.28. The molecule has 1 aliphatic heterocycles. The third-order valence-corrected chi connectivity index (χ3v) is 6.00. The van der Waals surface area contributed by atoms with Crippen molar-refractivity contribution in [3.63, 3.8) is 0 Å². The molecule has 0 bridgehead atoms. The molecule has 0 spiro atoms. The predicted octanol–water partition coefficient (Wildman–Crippen LogP) is 0.111. The lowest BCUT2D eigenvalue weighted by Gasteiger charge is -2.24. The first-order valence-corrected chi connectivity index (χ1v) is 12.7. The van der Waals surface area contributed by atoms with E-state index in [1.54, 1.807) is 18.2 Å². The second-order valence-corrected chi connectivity index (χ2v) is 9.05. The first-order chi connectivity index (χ1) is 19.1. The van der Waals surface area contributed by atoms with Crippen LogP contribution in [0.1, 0.15) is 29.6 Å². The maximum Gasteiger partial charge on any atom is 0.255 e. The van der Waals surface area contributed by atoms with Crippen LogP contribution >= 0.6 is 0 Å². The number of para-hydroxylation sites is 1. The highest BCUT2D eigenvalue weighted by molar-refractivity contribution is 6.00. The lowest BCUT2D eigenvalue weighted by atomic mass is 10.1. The van der Waals surface area contributed by atoms with E-state index >= 15 is 0 Å². The summed E-state index contributed by atoms with van der Waals surface area (Å²) in [5, 5.41) is 7.79. The van der Waals surface area contributed by atoms with Gasteiger partial charge in [0.1, 0.15) is 42.6 Å². The number of carbonyl (C=O) groups excluding carboxylic acids is 5. The summed E-state index contributed by atoms with van der Waals surface area (Å²) in [6.07, 6.45) is -0.763. The SMILES string of the molecule is CN1CCOc2ccccc2C(=O)N[C@H](C(=O)NCCOc2ccc(F)cc2)CCC(=O)N[C@@H](CC(N)=O)C1=O. The number of halogens is 1. The molecule has 0 aromatic heterocycles. The van der Waals surface area contributed by atoms with Crippen molar-refractivity contribution in [2.75, 3.05) is 33.4 Å². The van der Waals surface area contributed by atoms with Gasteiger partial charge in [0, 0.05) is 13.5 Å². The number of amides is 5. The van der Waals surface area contributed by atoms with Gasteiger partial charge in [-0.2, -0.15) is 0 Å². The fraction of sp³-hybridized carbons (Fsp3) is 0.370. The summed E-state index contributed by atoms with van der Waals surface area (Å²) in [7, 11) is 1.49. The Morgan fingerprint density at radius 1 is 1.12 bits per heavy atom. The van der Waals surface area contributed by atoms with E-state index in [-0.39, 0.29) is 50.5 Å². The number of hydrogen-bond donors (Lipinski definition) is 4. The number of carbonyl (C=O) groups is 5. The standard InChI is InChI=1S/C27H32FN5O7/c1-33-13-15-40-22-5-3-2-4-19(22)25(36)32-20(10-11-24(35)31-21(27(33)38)16-23(29)34)26(37)30-12-14-39-18-8-6-17(28)7-9-18/h2-9,20-21H,10-16H2,1H3,(H2,29,34)(H,30,37)(H,31,35)(H,32,36)/t20-,21-/m0/s1. The average molecular weight is 558 g/mol. The molecule has 1 heterocycles. The van der Waals surface area contributed by atoms with Crippen LogP contribution in [0.2, 0.25) is 0 Å². The van der Waals surface area contributed by atoms with Crippen LogP contribution < -0.4 is 31.2 Å². The number of nitrogens with zero attached hydrogens (tertiary/aromatic N) is 1. The Hall–Kier alpha value is -4.68. The van der Waals surface area contributed by atoms with E-state index in [1.807, 2.05) is 0 Å². The quantitative estimate of drug-likeness (QED) is 0.350. The van der Waals surface area contributed by atoms with E-state index in [0.29, 0.717) is 5.75 Å². The van der Waals surface area contributed by atoms with E-state index in [1.165, 1.54) is 42.3 Å². The fourth-order valence-corrected chi connectivity index (χ4v) is 3.89. The number of primary amides is 1. The summed E-state index contributed by atoms with van der Waals surface area (Å²) in [6.45, 7) is 0.252. The lowest BCUT2D eigenvalue weighted by Crippen LogP contribution is -2.50. The van der Waals surface area contributed by atoms with E-state index in [9.17, 15) is 28.4 Å². The van der Waals surface area contributed by atoms with Gasteiger partial charge < -0.3 is 36.1 Å². The number of likely N-dealkylation sites (N-methyl/N-ethyl adjacent to an activating group) is 1. The molecule has 2 aromatic rings. The molecule has 0 unspecified atom stereocenters. The Labute approximate surface area is 230 Å². The summed E-state index contributed by atoms with van der Waals surface area (Å²) in [5.74, 6) is -2.84. The largest absolute Gasteiger partial charge is 0.492 e. The summed E-state index contributed by atoms with van der Waals surface area (Å²) in [5.41, 5.74) is 5.44. The van der Waals surface area contributed by atoms with Gasteiger partial charge in [-0.3, -0.25) is 24.0 Å². The van der Waals surface area contributed by atoms with Crippen molar-refractivity contribution in [1.82, 2.24) is 20.9 Å². The van der Waals surface area contributed by atoms with Gasteiger partial charge >= 0.3 is 0 Å². The number of nitrogens with one attached hydrogen (secondary N) is 3. The molecule has 0 saturated carbocycles. The minimum Gasteiger partial charge on any atom is -0.492 e. The maximum absolute atomic E-state index is 13.1. The van der Waals surface area contributed by atoms with Crippen LogP contribution in [0.5, 0.6) is 11.5 Å². The molecule has 0 radical (unpaired) electrons. The lowest BCUT2D eigenvalue weighted by molar-refractivity contribution is -0.137. The van der Waals surface area contributed by atoms with Gasteiger partial charge in [-0.1, -0.05) is 12.1 Å². The smallest absolute Gasteiger partial charge is 0.255 e. The average Bonchev–Trinajstić information content (AvgIpc) is 2.93. The van der Waals surface area contributed by atoms with E-state index in [0.717, 1.165) is 0 Å². The Morgan fingerprint density at radius 2 is 1.85 bits per heavy atom. The molecule has 2 atom stereocenters. The zero-order valence-electron chi connectivity index (χ0n) is 22.0. The Morgan fingerprint density at radius 3 is 2.58 bits per heavy atom. The van der Waals surface area contributed by atoms with Crippen LogP contribution in [-0.4, -0.2) is 79.9 Å². The van der Waals surface area contributed by atoms with Crippen molar-refractivity contribution in [3.05, 3.63) is 59.9 Å². The number of ether oxygens (including phenoxy) is 2. The van der Waals surface area contributed by atoms with Gasteiger partial charge in [0.25, 0.3) is 5.91 Å². The molecule has 214 valence electrons. The molecule has 2 aromatic carbocycles. The molecule has 12 nitrogen and oxygen atoms in total. The van der Waals surface area contributed by atoms with Crippen LogP contribution in [0.3, 0.4) is 0 Å². The van der Waals surface area contributed by atoms with Gasteiger partial charge in [-0.05, 0) is 42.8 Å². The number of rotatable bonds is 7. The molecule has 5 amide bonds. The topological polar surface area (TPSA) is 169 Å². The van der Waals surface area contributed by atoms with E-state index in [2.05, 4.69) is 16.0 Å². The van der Waals surface area contributed by atoms with Crippen molar-refractivity contribution in [2.45, 2.75) is 31.3 Å². The van der Waals surface area contributed by atoms with Crippen molar-refractivity contribution in [1.29, 1.82) is 0 Å². The highest BCUT2D eigenvalue weighted by atomic mass is 19.1. The Balaban J connectivity index is 1.74. The normalized spacial score (nSPS) is 18.6. The highest BCUT2D eigenvalue weighted by Crippen LogP contribution is 2.19. The number of benzene rings is 2. The van der Waals surface area contributed by atoms with Gasteiger partial charge in [0.05, 0.1) is 25.1 Å². The number of hydrogen-bond acceptors (Lipinski definition) is 7. The van der Waals surface area contributed by atoms with Gasteiger partial charge in [-0.25, -0.2) is 4.39 Å². The second-order valence-electron chi connectivity index (χ2n) is 9.05. The Kier molecular flexibility index (Phi) is 10.8. The van der Waals surface area contributed by atoms with E-state index in [4.69, 9.17) is 15.2 Å². The zero-order chi connectivity index (χ0) is 29.1. The molecule has 13 heteroatoms. The van der Waals surface area contributed by atoms with Crippen molar-refractivity contribution >= 4 is 29.5 Å². The van der Waals surface area contributed by atoms with Crippen molar-refractivity contribution in [2.24, 2.45) is 5.73 Å². The zero-order valence-corrected chi connectivity index (χ0v) is 22.0. The summed E-state index contributed by atoms with van der Waals surface area (Å²) in [4.78, 5) is 64.6. The molecule has 0 saturated heterocycles. The van der Waals surface area contributed by atoms with Crippen LogP contribution in [-0.2, 0) is 19.2 Å². The minimum atomic E-state index is -1.20. The van der Waals surface area contributed by atoms with Crippen LogP contribution in [0.15, 0.2) is 48.5 Å². The molecular weight excluding hydrogens is 525 g/mol. The summed E-state index contributed by atoms with van der Waals surface area (Å²) < 4.78 is 24.3. The molecule has 1 aliphatic rings. The third-order valence-electron chi connectivity index (χ3n) is 6.00. The molecule has 0 aliphatic carbocycles. The van der Waals surface area contributed by atoms with Gasteiger partial charge in [0.15, 0.2) is 0 Å². The number of nitrogens with two attached hydrogens (primary N) is 1. The molecule has 5 N–H and O–H groups in total. The third kappa shape index (κ3) is 8.96. The van der Waals surface area contributed by atoms with E-state index < -0.39 is 53.9 Å². The summed E-state index contributed by atoms with van der Waals surface area (Å²) in [6, 6.07) is 9.47. The summed E-state index contributed by atoms with van der Waals surface area (Å²) >= 11 is 0. The predicted molar refractivity (Wildman–Crippen MR) is 141 cm³/mol. The van der Waals surface area contributed by atoms with Crippen LogP contribution in [0.25, 0.3) is 0 Å². The van der Waals surface area contributed by atoms with Crippen LogP contribution in [0, 0.1) is 5.82 Å². The number of fused-ring (bicyclic) bond motifs is 1.